The minimum absolute atomic E-state index is 0.109. The van der Waals surface area contributed by atoms with Crippen molar-refractivity contribution >= 4 is 0 Å². The molecule has 1 saturated heterocycles. The van der Waals surface area contributed by atoms with E-state index in [1.807, 2.05) is 0 Å². The minimum Gasteiger partial charge on any atom is -0.395 e. The molecule has 0 amide bonds. The molecule has 2 rings (SSSR count). The molecule has 0 saturated carbocycles. The van der Waals surface area contributed by atoms with Crippen LogP contribution >= 0.6 is 0 Å². The molecule has 3 N–H and O–H groups in total. The summed E-state index contributed by atoms with van der Waals surface area (Å²) in [5.74, 6) is 0. The van der Waals surface area contributed by atoms with Crippen molar-refractivity contribution in [1.82, 2.24) is 0 Å². The summed E-state index contributed by atoms with van der Waals surface area (Å²) in [6.45, 7) is 3.57. The molecule has 2 atom stereocenters. The molecule has 1 aromatic rings. The van der Waals surface area contributed by atoms with E-state index >= 15 is 0 Å². The molecule has 0 aliphatic carbocycles. The zero-order valence-corrected chi connectivity index (χ0v) is 12.5. The van der Waals surface area contributed by atoms with E-state index in [9.17, 15) is 5.11 Å². The molecule has 3 heteroatoms. The molecule has 1 aliphatic rings. The highest BCUT2D eigenvalue weighted by Crippen LogP contribution is 2.30. The number of aliphatic hydroxyl groups is 1. The Morgan fingerprint density at radius 2 is 2.10 bits per heavy atom. The molecule has 2 unspecified atom stereocenters. The number of hydrogen-bond donors (Lipinski definition) is 2. The minimum atomic E-state index is -0.299. The van der Waals surface area contributed by atoms with Crippen LogP contribution < -0.4 is 5.73 Å². The topological polar surface area (TPSA) is 55.5 Å². The van der Waals surface area contributed by atoms with Gasteiger partial charge in [-0.3, -0.25) is 0 Å². The Bertz CT molecular complexity index is 392. The Morgan fingerprint density at radius 1 is 1.35 bits per heavy atom. The van der Waals surface area contributed by atoms with Crippen molar-refractivity contribution < 1.29 is 9.84 Å². The average Bonchev–Trinajstić information content (AvgIpc) is 2.98. The molecule has 1 aliphatic heterocycles. The van der Waals surface area contributed by atoms with Crippen molar-refractivity contribution in [3.63, 3.8) is 0 Å². The number of hydrogen-bond acceptors (Lipinski definition) is 3. The van der Waals surface area contributed by atoms with E-state index in [2.05, 4.69) is 31.2 Å². The van der Waals surface area contributed by atoms with Gasteiger partial charge < -0.3 is 15.6 Å². The van der Waals surface area contributed by atoms with E-state index in [-0.39, 0.29) is 12.0 Å². The lowest BCUT2D eigenvalue weighted by molar-refractivity contribution is 0.0972. The normalized spacial score (nSPS) is 21.9. The Balaban J connectivity index is 1.98. The smallest absolute Gasteiger partial charge is 0.0576 e. The van der Waals surface area contributed by atoms with Crippen molar-refractivity contribution in [3.05, 3.63) is 35.4 Å². The number of nitrogens with two attached hydrogens (primary N) is 1. The van der Waals surface area contributed by atoms with Crippen LogP contribution in [0.3, 0.4) is 0 Å². The fraction of sp³-hybridized carbons (Fsp3) is 0.647. The molecular formula is C17H27NO2. The van der Waals surface area contributed by atoms with Gasteiger partial charge in [0.1, 0.15) is 0 Å². The highest BCUT2D eigenvalue weighted by Gasteiger charge is 2.30. The van der Waals surface area contributed by atoms with Crippen LogP contribution in [0.1, 0.15) is 43.2 Å². The van der Waals surface area contributed by atoms with Gasteiger partial charge >= 0.3 is 0 Å². The van der Waals surface area contributed by atoms with Crippen molar-refractivity contribution in [3.8, 4) is 0 Å². The fourth-order valence-electron chi connectivity index (χ4n) is 3.05. The maximum atomic E-state index is 9.88. The third kappa shape index (κ3) is 3.60. The number of aryl methyl sites for hydroxylation is 1. The highest BCUT2D eigenvalue weighted by molar-refractivity contribution is 5.29. The second-order valence-electron chi connectivity index (χ2n) is 6.04. The van der Waals surface area contributed by atoms with Crippen LogP contribution in [0.15, 0.2) is 24.3 Å². The molecule has 0 spiro atoms. The zero-order valence-electron chi connectivity index (χ0n) is 12.5. The number of aliphatic hydroxyl groups excluding tert-OH is 1. The molecule has 1 heterocycles. The molecule has 0 bridgehead atoms. The van der Waals surface area contributed by atoms with E-state index in [1.165, 1.54) is 18.4 Å². The largest absolute Gasteiger partial charge is 0.395 e. The Labute approximate surface area is 122 Å². The maximum absolute atomic E-state index is 9.88. The van der Waals surface area contributed by atoms with E-state index in [0.717, 1.165) is 31.4 Å². The van der Waals surface area contributed by atoms with Gasteiger partial charge in [-0.2, -0.15) is 0 Å². The van der Waals surface area contributed by atoms with E-state index in [0.29, 0.717) is 12.6 Å². The van der Waals surface area contributed by atoms with Crippen molar-refractivity contribution in [2.45, 2.75) is 50.5 Å². The summed E-state index contributed by atoms with van der Waals surface area (Å²) in [6, 6.07) is 8.39. The second kappa shape index (κ2) is 7.21. The summed E-state index contributed by atoms with van der Waals surface area (Å²) in [5.41, 5.74) is 8.08. The molecule has 112 valence electrons. The van der Waals surface area contributed by atoms with Gasteiger partial charge in [-0.05, 0) is 44.6 Å². The van der Waals surface area contributed by atoms with Gasteiger partial charge in [0, 0.05) is 18.6 Å². The predicted octanol–water partition coefficient (Wildman–Crippen LogP) is 2.53. The first-order valence-corrected chi connectivity index (χ1v) is 7.70. The van der Waals surface area contributed by atoms with E-state index in [1.54, 1.807) is 0 Å². The summed E-state index contributed by atoms with van der Waals surface area (Å²) in [5, 5.41) is 9.88. The van der Waals surface area contributed by atoms with Crippen molar-refractivity contribution in [1.29, 1.82) is 0 Å². The number of benzene rings is 1. The molecule has 0 aromatic heterocycles. The summed E-state index contributed by atoms with van der Waals surface area (Å²) in [4.78, 5) is 0. The molecule has 1 aromatic carbocycles. The fourth-order valence-corrected chi connectivity index (χ4v) is 3.05. The lowest BCUT2D eigenvalue weighted by Crippen LogP contribution is -2.39. The van der Waals surface area contributed by atoms with Gasteiger partial charge in [-0.25, -0.2) is 0 Å². The first kappa shape index (κ1) is 15.5. The summed E-state index contributed by atoms with van der Waals surface area (Å²) < 4.78 is 5.66. The maximum Gasteiger partial charge on any atom is 0.0576 e. The van der Waals surface area contributed by atoms with Crippen LogP contribution in [-0.2, 0) is 10.2 Å². The zero-order chi connectivity index (χ0) is 14.4. The average molecular weight is 277 g/mol. The number of rotatable bonds is 7. The van der Waals surface area contributed by atoms with Crippen molar-refractivity contribution in [2.24, 2.45) is 5.73 Å². The highest BCUT2D eigenvalue weighted by atomic mass is 16.5. The SMILES string of the molecule is Cc1ccc(C(CN)(CO)CCCC2CCCO2)cc1. The van der Waals surface area contributed by atoms with Gasteiger partial charge in [0.25, 0.3) is 0 Å². The molecule has 1 fully saturated rings. The van der Waals surface area contributed by atoms with E-state index < -0.39 is 0 Å². The Kier molecular flexibility index (Phi) is 5.58. The van der Waals surface area contributed by atoms with Gasteiger partial charge in [-0.15, -0.1) is 0 Å². The third-order valence-corrected chi connectivity index (χ3v) is 4.56. The molecule has 20 heavy (non-hydrogen) atoms. The Morgan fingerprint density at radius 3 is 2.65 bits per heavy atom. The van der Waals surface area contributed by atoms with Gasteiger partial charge in [0.2, 0.25) is 0 Å². The van der Waals surface area contributed by atoms with Gasteiger partial charge in [-0.1, -0.05) is 29.8 Å². The first-order valence-electron chi connectivity index (χ1n) is 7.70. The first-order chi connectivity index (χ1) is 9.70. The van der Waals surface area contributed by atoms with Gasteiger partial charge in [0.05, 0.1) is 12.7 Å². The summed E-state index contributed by atoms with van der Waals surface area (Å²) in [6.07, 6.45) is 5.83. The summed E-state index contributed by atoms with van der Waals surface area (Å²) in [7, 11) is 0. The van der Waals surface area contributed by atoms with Gasteiger partial charge in [0.15, 0.2) is 0 Å². The monoisotopic (exact) mass is 277 g/mol. The lowest BCUT2D eigenvalue weighted by atomic mass is 9.76. The number of ether oxygens (including phenoxy) is 1. The Hall–Kier alpha value is -0.900. The quantitative estimate of drug-likeness (QED) is 0.805. The van der Waals surface area contributed by atoms with Crippen molar-refractivity contribution in [2.75, 3.05) is 19.8 Å². The molecule has 3 nitrogen and oxygen atoms in total. The van der Waals surface area contributed by atoms with Crippen LogP contribution in [0.2, 0.25) is 0 Å². The van der Waals surface area contributed by atoms with E-state index in [4.69, 9.17) is 10.5 Å². The van der Waals surface area contributed by atoms with Crippen LogP contribution in [0.25, 0.3) is 0 Å². The molecule has 0 radical (unpaired) electrons. The van der Waals surface area contributed by atoms with Crippen LogP contribution in [-0.4, -0.2) is 31.0 Å². The van der Waals surface area contributed by atoms with Crippen LogP contribution in [0.5, 0.6) is 0 Å². The third-order valence-electron chi connectivity index (χ3n) is 4.56. The van der Waals surface area contributed by atoms with Crippen LogP contribution in [0.4, 0.5) is 0 Å². The standard InChI is InChI=1S/C17H27NO2/c1-14-6-8-15(9-7-14)17(12-18,13-19)10-2-4-16-5-3-11-20-16/h6-9,16,19H,2-5,10-13,18H2,1H3. The van der Waals surface area contributed by atoms with Crippen LogP contribution in [0, 0.1) is 6.92 Å². The molecular weight excluding hydrogens is 250 g/mol. The summed E-state index contributed by atoms with van der Waals surface area (Å²) >= 11 is 0. The second-order valence-corrected chi connectivity index (χ2v) is 6.04. The predicted molar refractivity (Wildman–Crippen MR) is 81.8 cm³/mol. The lowest BCUT2D eigenvalue weighted by Gasteiger charge is -2.31.